The Hall–Kier alpha value is -1.62. The fraction of sp³-hybridized carbons (Fsp3) is 0.625. The highest BCUT2D eigenvalue weighted by Gasteiger charge is 2.33. The number of aromatic nitrogens is 1. The summed E-state index contributed by atoms with van der Waals surface area (Å²) in [6.45, 7) is 8.81. The van der Waals surface area contributed by atoms with E-state index in [-0.39, 0.29) is 5.91 Å². The fourth-order valence-corrected chi connectivity index (χ4v) is 2.03. The average Bonchev–Trinajstić information content (AvgIpc) is 2.47. The fourth-order valence-electron chi connectivity index (χ4n) is 2.03. The van der Waals surface area contributed by atoms with Crippen molar-refractivity contribution in [1.82, 2.24) is 4.98 Å². The number of hydrogen-bond acceptors (Lipinski definition) is 4. The number of carbonyl (C=O) groups excluding carboxylic acids is 1. The highest BCUT2D eigenvalue weighted by atomic mass is 16.5. The number of nitrogens with zero attached hydrogens (tertiary/aromatic N) is 1. The zero-order valence-electron chi connectivity index (χ0n) is 13.4. The van der Waals surface area contributed by atoms with Crippen molar-refractivity contribution in [3.05, 3.63) is 18.3 Å². The Morgan fingerprint density at radius 2 is 2.05 bits per heavy atom. The van der Waals surface area contributed by atoms with E-state index in [1.165, 1.54) is 0 Å². The van der Waals surface area contributed by atoms with Gasteiger partial charge in [0.1, 0.15) is 5.60 Å². The molecule has 0 saturated heterocycles. The Bertz CT molecular complexity index is 434. The van der Waals surface area contributed by atoms with E-state index in [1.54, 1.807) is 18.3 Å². The normalized spacial score (nSPS) is 13.5. The summed E-state index contributed by atoms with van der Waals surface area (Å²) in [7, 11) is 0. The Kier molecular flexibility index (Phi) is 7.15. The number of hydrogen-bond donors (Lipinski definition) is 1. The highest BCUT2D eigenvalue weighted by Crippen LogP contribution is 2.22. The van der Waals surface area contributed by atoms with Crippen LogP contribution in [0.4, 0.5) is 5.69 Å². The molecule has 0 aliphatic carbocycles. The van der Waals surface area contributed by atoms with Gasteiger partial charge in [-0.15, -0.1) is 0 Å². The molecule has 0 saturated carbocycles. The number of carbonyl (C=O) groups is 1. The maximum atomic E-state index is 12.4. The molecular formula is C16H26N2O3. The maximum absolute atomic E-state index is 12.4. The summed E-state index contributed by atoms with van der Waals surface area (Å²) in [5.74, 6) is 0.415. The molecule has 0 spiro atoms. The number of anilines is 1. The molecule has 0 unspecified atom stereocenters. The predicted octanol–water partition coefficient (Wildman–Crippen LogP) is 3.40. The summed E-state index contributed by atoms with van der Waals surface area (Å²) in [4.78, 5) is 16.6. The lowest BCUT2D eigenvalue weighted by Crippen LogP contribution is -2.42. The van der Waals surface area contributed by atoms with Gasteiger partial charge in [0.2, 0.25) is 5.88 Å². The number of nitrogens with one attached hydrogen (secondary N) is 1. The minimum absolute atomic E-state index is 0.135. The van der Waals surface area contributed by atoms with Crippen LogP contribution in [0.3, 0.4) is 0 Å². The predicted molar refractivity (Wildman–Crippen MR) is 83.6 cm³/mol. The number of unbranched alkanes of at least 4 members (excludes halogenated alkanes) is 1. The van der Waals surface area contributed by atoms with E-state index in [0.29, 0.717) is 31.2 Å². The molecule has 1 rings (SSSR count). The SMILES string of the molecule is CCCC[C@](C)(OCC)C(=O)Nc1ccc(OCC)nc1. The highest BCUT2D eigenvalue weighted by molar-refractivity contribution is 5.96. The lowest BCUT2D eigenvalue weighted by atomic mass is 9.97. The third-order valence-corrected chi connectivity index (χ3v) is 3.24. The van der Waals surface area contributed by atoms with E-state index in [9.17, 15) is 4.79 Å². The Labute approximate surface area is 127 Å². The Balaban J connectivity index is 2.71. The lowest BCUT2D eigenvalue weighted by molar-refractivity contribution is -0.139. The number of pyridine rings is 1. The molecule has 0 fully saturated rings. The zero-order chi connectivity index (χ0) is 15.7. The lowest BCUT2D eigenvalue weighted by Gasteiger charge is -2.28. The molecule has 1 atom stereocenters. The minimum atomic E-state index is -0.802. The van der Waals surface area contributed by atoms with Crippen molar-refractivity contribution < 1.29 is 14.3 Å². The van der Waals surface area contributed by atoms with Gasteiger partial charge in [-0.2, -0.15) is 0 Å². The smallest absolute Gasteiger partial charge is 0.256 e. The summed E-state index contributed by atoms with van der Waals surface area (Å²) in [6, 6.07) is 3.52. The van der Waals surface area contributed by atoms with Crippen LogP contribution in [0, 0.1) is 0 Å². The molecule has 5 heteroatoms. The van der Waals surface area contributed by atoms with Crippen LogP contribution in [0.15, 0.2) is 18.3 Å². The van der Waals surface area contributed by atoms with E-state index >= 15 is 0 Å². The van der Waals surface area contributed by atoms with Gasteiger partial charge in [0.25, 0.3) is 5.91 Å². The topological polar surface area (TPSA) is 60.5 Å². The second-order valence-electron chi connectivity index (χ2n) is 5.04. The average molecular weight is 294 g/mol. The molecule has 1 aromatic heterocycles. The van der Waals surface area contributed by atoms with Crippen molar-refractivity contribution in [2.75, 3.05) is 18.5 Å². The Morgan fingerprint density at radius 1 is 1.29 bits per heavy atom. The van der Waals surface area contributed by atoms with E-state index in [4.69, 9.17) is 9.47 Å². The first-order valence-corrected chi connectivity index (χ1v) is 7.60. The first-order chi connectivity index (χ1) is 10.1. The van der Waals surface area contributed by atoms with Gasteiger partial charge >= 0.3 is 0 Å². The molecule has 1 aromatic rings. The number of ether oxygens (including phenoxy) is 2. The summed E-state index contributed by atoms with van der Waals surface area (Å²) in [5, 5.41) is 2.86. The Morgan fingerprint density at radius 3 is 2.57 bits per heavy atom. The quantitative estimate of drug-likeness (QED) is 0.758. The molecule has 0 bridgehead atoms. The van der Waals surface area contributed by atoms with Gasteiger partial charge in [0.15, 0.2) is 0 Å². The van der Waals surface area contributed by atoms with Crippen LogP contribution < -0.4 is 10.1 Å². The summed E-state index contributed by atoms with van der Waals surface area (Å²) < 4.78 is 10.9. The van der Waals surface area contributed by atoms with Gasteiger partial charge in [-0.05, 0) is 33.3 Å². The van der Waals surface area contributed by atoms with Crippen LogP contribution in [-0.4, -0.2) is 29.7 Å². The minimum Gasteiger partial charge on any atom is -0.478 e. The third kappa shape index (κ3) is 5.34. The van der Waals surface area contributed by atoms with Crippen molar-refractivity contribution in [2.24, 2.45) is 0 Å². The molecule has 1 N–H and O–H groups in total. The monoisotopic (exact) mass is 294 g/mol. The maximum Gasteiger partial charge on any atom is 0.256 e. The zero-order valence-corrected chi connectivity index (χ0v) is 13.4. The largest absolute Gasteiger partial charge is 0.478 e. The van der Waals surface area contributed by atoms with Crippen molar-refractivity contribution in [3.8, 4) is 5.88 Å². The van der Waals surface area contributed by atoms with Gasteiger partial charge in [-0.3, -0.25) is 4.79 Å². The van der Waals surface area contributed by atoms with Crippen LogP contribution in [-0.2, 0) is 9.53 Å². The third-order valence-electron chi connectivity index (χ3n) is 3.24. The molecule has 0 aromatic carbocycles. The second kappa shape index (κ2) is 8.62. The molecular weight excluding hydrogens is 268 g/mol. The van der Waals surface area contributed by atoms with Crippen LogP contribution in [0.25, 0.3) is 0 Å². The van der Waals surface area contributed by atoms with Crippen molar-refractivity contribution in [2.45, 2.75) is 52.6 Å². The van der Waals surface area contributed by atoms with Gasteiger partial charge in [0, 0.05) is 12.7 Å². The van der Waals surface area contributed by atoms with Gasteiger partial charge in [-0.25, -0.2) is 4.98 Å². The molecule has 0 aliphatic rings. The number of rotatable bonds is 9. The van der Waals surface area contributed by atoms with Crippen LogP contribution >= 0.6 is 0 Å². The van der Waals surface area contributed by atoms with Crippen molar-refractivity contribution >= 4 is 11.6 Å². The summed E-state index contributed by atoms with van der Waals surface area (Å²) >= 11 is 0. The van der Waals surface area contributed by atoms with E-state index < -0.39 is 5.60 Å². The van der Waals surface area contributed by atoms with Crippen molar-refractivity contribution in [1.29, 1.82) is 0 Å². The van der Waals surface area contributed by atoms with Gasteiger partial charge in [0.05, 0.1) is 18.5 Å². The van der Waals surface area contributed by atoms with Crippen LogP contribution in [0.5, 0.6) is 5.88 Å². The summed E-state index contributed by atoms with van der Waals surface area (Å²) in [6.07, 6.45) is 4.27. The second-order valence-corrected chi connectivity index (χ2v) is 5.04. The molecule has 1 heterocycles. The van der Waals surface area contributed by atoms with Gasteiger partial charge < -0.3 is 14.8 Å². The standard InChI is InChI=1S/C16H26N2O3/c1-5-8-11-16(4,21-7-3)15(19)18-13-9-10-14(17-12-13)20-6-2/h9-10,12H,5-8,11H2,1-4H3,(H,18,19)/t16-/m0/s1. The van der Waals surface area contributed by atoms with Crippen LogP contribution in [0.2, 0.25) is 0 Å². The molecule has 0 aliphatic heterocycles. The first kappa shape index (κ1) is 17.4. The van der Waals surface area contributed by atoms with E-state index in [1.807, 2.05) is 20.8 Å². The summed E-state index contributed by atoms with van der Waals surface area (Å²) in [5.41, 5.74) is -0.158. The first-order valence-electron chi connectivity index (χ1n) is 7.60. The van der Waals surface area contributed by atoms with Crippen LogP contribution in [0.1, 0.15) is 47.0 Å². The van der Waals surface area contributed by atoms with E-state index in [2.05, 4.69) is 17.2 Å². The van der Waals surface area contributed by atoms with Crippen molar-refractivity contribution in [3.63, 3.8) is 0 Å². The molecule has 5 nitrogen and oxygen atoms in total. The molecule has 118 valence electrons. The molecule has 0 radical (unpaired) electrons. The molecule has 21 heavy (non-hydrogen) atoms. The number of amides is 1. The van der Waals surface area contributed by atoms with E-state index in [0.717, 1.165) is 12.8 Å². The molecule has 1 amide bonds. The van der Waals surface area contributed by atoms with Gasteiger partial charge in [-0.1, -0.05) is 19.8 Å².